The van der Waals surface area contributed by atoms with Gasteiger partial charge >= 0.3 is 0 Å². The van der Waals surface area contributed by atoms with Crippen LogP contribution in [0.1, 0.15) is 40.0 Å². The molecular weight excluding hydrogens is 1100 g/mol. The standard InChI is InChI=1S/C50H88N4O28/c1-24(61)52-36-42(39(68)33(21-58)77-48(36)74-17-9-7-8-16-51)80-46(72-5)31(66)14-11-28(19-56)76-50-38(54-26(3)63)44(41(70)35(23-60)79-50)82-47(73-6)32(67)15-12-29(20-57)75-49-37(53-25(2)62)43(40(69)34(22-59)78-49)81-45(71-4)30(65)13-10-27(64)18-55/h10-15,27-50,55-60,64-70H,7-9,16-23,51H2,1-6H3,(H,52,61)(H,53,62)(H,54,63)/b13-10+,14-11+,15-12+/t27-,28-,29-,30-,31-,32-,33?,34?,35?,36?,37?,38?,39?,40?,41?,42?,43?,44?,45?,46?,47?,48?,49?,50?/m0/s1. The minimum atomic E-state index is -1.81. The topological polar surface area (TPSA) is 487 Å². The average molecular weight is 1190 g/mol. The Bertz CT molecular complexity index is 1920. The van der Waals surface area contributed by atoms with Crippen LogP contribution in [0.2, 0.25) is 0 Å². The Hall–Kier alpha value is -3.41. The van der Waals surface area contributed by atoms with E-state index in [1.54, 1.807) is 0 Å². The number of nitrogens with one attached hydrogen (secondary N) is 3. The molecule has 0 spiro atoms. The predicted octanol–water partition coefficient (Wildman–Crippen LogP) is -8.19. The lowest BCUT2D eigenvalue weighted by molar-refractivity contribution is -0.310. The molecule has 3 heterocycles. The molecule has 18 N–H and O–H groups in total. The molecule has 32 heteroatoms. The van der Waals surface area contributed by atoms with E-state index in [1.165, 1.54) is 6.92 Å². The van der Waals surface area contributed by atoms with E-state index in [1.807, 2.05) is 0 Å². The summed E-state index contributed by atoms with van der Waals surface area (Å²) in [7, 11) is 3.40. The highest BCUT2D eigenvalue weighted by atomic mass is 16.7. The zero-order valence-corrected chi connectivity index (χ0v) is 46.6. The fraction of sp³-hybridized carbons (Fsp3) is 0.820. The van der Waals surface area contributed by atoms with Crippen LogP contribution >= 0.6 is 0 Å². The molecule has 24 atom stereocenters. The van der Waals surface area contributed by atoms with Crippen LogP contribution in [0.25, 0.3) is 0 Å². The minimum absolute atomic E-state index is 0.159. The van der Waals surface area contributed by atoms with Gasteiger partial charge in [0.15, 0.2) is 37.7 Å². The van der Waals surface area contributed by atoms with E-state index in [0.717, 1.165) is 84.5 Å². The van der Waals surface area contributed by atoms with E-state index in [2.05, 4.69) is 16.0 Å². The second-order valence-corrected chi connectivity index (χ2v) is 19.3. The first-order valence-electron chi connectivity index (χ1n) is 26.5. The van der Waals surface area contributed by atoms with Crippen molar-refractivity contribution in [1.82, 2.24) is 16.0 Å². The van der Waals surface area contributed by atoms with E-state index < -0.39 is 205 Å². The zero-order chi connectivity index (χ0) is 61.2. The summed E-state index contributed by atoms with van der Waals surface area (Å²) >= 11 is 0. The third-order valence-electron chi connectivity index (χ3n) is 12.9. The maximum absolute atomic E-state index is 12.7. The molecule has 3 fully saturated rings. The number of hydrogen-bond acceptors (Lipinski definition) is 29. The zero-order valence-electron chi connectivity index (χ0n) is 46.6. The summed E-state index contributed by atoms with van der Waals surface area (Å²) in [6.07, 6.45) is -24.3. The number of aliphatic hydroxyl groups excluding tert-OH is 13. The van der Waals surface area contributed by atoms with Gasteiger partial charge in [-0.3, -0.25) is 14.4 Å². The number of ether oxygens (including phenoxy) is 12. The molecule has 32 nitrogen and oxygen atoms in total. The molecule has 0 radical (unpaired) electrons. The lowest BCUT2D eigenvalue weighted by Gasteiger charge is -2.46. The summed E-state index contributed by atoms with van der Waals surface area (Å²) in [6, 6.07) is -4.15. The summed E-state index contributed by atoms with van der Waals surface area (Å²) < 4.78 is 69.3. The van der Waals surface area contributed by atoms with Gasteiger partial charge in [-0.15, -0.1) is 0 Å². The van der Waals surface area contributed by atoms with Gasteiger partial charge in [-0.05, 0) is 25.8 Å². The quantitative estimate of drug-likeness (QED) is 0.0156. The minimum Gasteiger partial charge on any atom is -0.394 e. The number of methoxy groups -OCH3 is 3. The smallest absolute Gasteiger partial charge is 0.217 e. The van der Waals surface area contributed by atoms with Crippen molar-refractivity contribution in [3.63, 3.8) is 0 Å². The van der Waals surface area contributed by atoms with Crippen LogP contribution in [0.5, 0.6) is 0 Å². The number of carbonyl (C=O) groups excluding carboxylic acids is 3. The number of rotatable bonds is 37. The molecule has 0 saturated carbocycles. The van der Waals surface area contributed by atoms with E-state index in [9.17, 15) is 75.7 Å². The van der Waals surface area contributed by atoms with Gasteiger partial charge in [0.25, 0.3) is 0 Å². The molecule has 3 saturated heterocycles. The van der Waals surface area contributed by atoms with Gasteiger partial charge < -0.3 is 145 Å². The third kappa shape index (κ3) is 22.1. The Morgan fingerprint density at radius 2 is 0.829 bits per heavy atom. The van der Waals surface area contributed by atoms with Crippen molar-refractivity contribution in [1.29, 1.82) is 0 Å². The van der Waals surface area contributed by atoms with Crippen LogP contribution in [-0.2, 0) is 71.2 Å². The molecule has 476 valence electrons. The molecule has 0 aromatic heterocycles. The molecule has 18 unspecified atom stereocenters. The van der Waals surface area contributed by atoms with Crippen LogP contribution in [0, 0.1) is 0 Å². The van der Waals surface area contributed by atoms with E-state index >= 15 is 0 Å². The maximum Gasteiger partial charge on any atom is 0.217 e. The summed E-state index contributed by atoms with van der Waals surface area (Å²) in [5, 5.41) is 145. The van der Waals surface area contributed by atoms with Gasteiger partial charge in [-0.1, -0.05) is 36.5 Å². The highest BCUT2D eigenvalue weighted by molar-refractivity contribution is 5.74. The summed E-state index contributed by atoms with van der Waals surface area (Å²) in [6.45, 7) is -0.668. The molecule has 0 bridgehead atoms. The molecule has 3 aliphatic heterocycles. The SMILES string of the molecule is COC(OC1C(O)C(CO)OC(OCCCCCN)C1NC(C)=O)[C@@H](O)/C=C/[C@@H](CO)OC1OC(CO)C(O)C(OC(OC)[C@@H](O)/C=C/[C@@H](CO)OC2OC(CO)C(O)C(OC(OC)[C@@H](O)/C=C/[C@H](O)CO)C2NC(C)=O)C1NC(C)=O. The van der Waals surface area contributed by atoms with Crippen molar-refractivity contribution in [3.05, 3.63) is 36.5 Å². The molecule has 3 aliphatic rings. The molecule has 3 rings (SSSR count). The number of hydrogen-bond donors (Lipinski definition) is 17. The van der Waals surface area contributed by atoms with Crippen LogP contribution in [0.3, 0.4) is 0 Å². The average Bonchev–Trinajstić information content (AvgIpc) is 3.50. The molecular formula is C50H88N4O28. The first kappa shape index (κ1) is 72.8. The van der Waals surface area contributed by atoms with E-state index in [0.29, 0.717) is 13.0 Å². The van der Waals surface area contributed by atoms with Crippen molar-refractivity contribution in [2.24, 2.45) is 5.73 Å². The lowest BCUT2D eigenvalue weighted by Crippen LogP contribution is -2.66. The highest BCUT2D eigenvalue weighted by Gasteiger charge is 2.52. The fourth-order valence-electron chi connectivity index (χ4n) is 8.84. The fourth-order valence-corrected chi connectivity index (χ4v) is 8.84. The Labute approximate surface area is 474 Å². The van der Waals surface area contributed by atoms with Crippen molar-refractivity contribution in [2.45, 2.75) is 187 Å². The number of carbonyl (C=O) groups is 3. The molecule has 0 aromatic carbocycles. The Morgan fingerprint density at radius 3 is 1.13 bits per heavy atom. The van der Waals surface area contributed by atoms with E-state index in [4.69, 9.17) is 67.7 Å². The monoisotopic (exact) mass is 1190 g/mol. The Balaban J connectivity index is 1.86. The third-order valence-corrected chi connectivity index (χ3v) is 12.9. The molecule has 3 amide bonds. The maximum atomic E-state index is 12.7. The van der Waals surface area contributed by atoms with Gasteiger partial charge in [-0.2, -0.15) is 0 Å². The first-order valence-corrected chi connectivity index (χ1v) is 26.5. The van der Waals surface area contributed by atoms with E-state index in [-0.39, 0.29) is 6.61 Å². The number of amides is 3. The van der Waals surface area contributed by atoms with Crippen molar-refractivity contribution in [3.8, 4) is 0 Å². The van der Waals surface area contributed by atoms with Gasteiger partial charge in [0.05, 0.1) is 45.7 Å². The lowest BCUT2D eigenvalue weighted by atomic mass is 9.96. The van der Waals surface area contributed by atoms with Crippen LogP contribution in [0.15, 0.2) is 36.5 Å². The van der Waals surface area contributed by atoms with Crippen molar-refractivity contribution < 1.29 is 138 Å². The number of nitrogens with two attached hydrogens (primary N) is 1. The summed E-state index contributed by atoms with van der Waals surface area (Å²) in [5.74, 6) is -1.97. The van der Waals surface area contributed by atoms with Crippen molar-refractivity contribution >= 4 is 17.7 Å². The van der Waals surface area contributed by atoms with Gasteiger partial charge in [-0.25, -0.2) is 0 Å². The summed E-state index contributed by atoms with van der Waals surface area (Å²) in [5.41, 5.74) is 5.58. The van der Waals surface area contributed by atoms with Crippen LogP contribution in [0.4, 0.5) is 0 Å². The predicted molar refractivity (Wildman–Crippen MR) is 276 cm³/mol. The van der Waals surface area contributed by atoms with Crippen LogP contribution in [-0.4, -0.2) is 306 Å². The number of unbranched alkanes of at least 4 members (excludes halogenated alkanes) is 2. The molecule has 0 aliphatic carbocycles. The van der Waals surface area contributed by atoms with Gasteiger partial charge in [0, 0.05) is 48.7 Å². The highest BCUT2D eigenvalue weighted by Crippen LogP contribution is 2.31. The second kappa shape index (κ2) is 37.9. The Kier molecular flexibility index (Phi) is 33.7. The van der Waals surface area contributed by atoms with Gasteiger partial charge in [0.2, 0.25) is 17.7 Å². The van der Waals surface area contributed by atoms with Crippen LogP contribution < -0.4 is 21.7 Å². The normalized spacial score (nSPS) is 32.4. The van der Waals surface area contributed by atoms with Gasteiger partial charge in [0.1, 0.15) is 104 Å². The summed E-state index contributed by atoms with van der Waals surface area (Å²) in [4.78, 5) is 37.5. The first-order chi connectivity index (χ1) is 39.1. The largest absolute Gasteiger partial charge is 0.394 e. The second-order valence-electron chi connectivity index (χ2n) is 19.3. The Morgan fingerprint density at radius 1 is 0.488 bits per heavy atom. The van der Waals surface area contributed by atoms with Crippen molar-refractivity contribution in [2.75, 3.05) is 74.1 Å². The molecule has 0 aromatic rings. The number of aliphatic hydroxyl groups is 13. The molecule has 82 heavy (non-hydrogen) atoms.